The summed E-state index contributed by atoms with van der Waals surface area (Å²) in [5.41, 5.74) is 0.707. The minimum Gasteiger partial charge on any atom is -0.493 e. The molecule has 0 aromatic heterocycles. The Labute approximate surface area is 243 Å². The van der Waals surface area contributed by atoms with Crippen molar-refractivity contribution in [1.82, 2.24) is 4.90 Å². The van der Waals surface area contributed by atoms with E-state index in [1.165, 1.54) is 74.7 Å². The van der Waals surface area contributed by atoms with Gasteiger partial charge in [-0.05, 0) is 71.9 Å². The number of hydrogen-bond acceptors (Lipinski definition) is 8. The molecule has 0 unspecified atom stereocenters. The predicted octanol–water partition coefficient (Wildman–Crippen LogP) is 6.10. The maximum absolute atomic E-state index is 14.2. The zero-order valence-corrected chi connectivity index (χ0v) is 23.9. The Balaban J connectivity index is 1.58. The van der Waals surface area contributed by atoms with E-state index in [1.807, 2.05) is 0 Å². The first-order valence-electron chi connectivity index (χ1n) is 11.3. The van der Waals surface area contributed by atoms with Crippen LogP contribution >= 0.6 is 35.0 Å². The number of benzene rings is 3. The molecule has 1 N–H and O–H groups in total. The standard InChI is InChI=1S/C26H19Cl2FN2O7S2/c1-14(32)30-16-6-8-17(9-7-16)40(35,36)38-24-20(28)10-15(11-22(24)37-2)12-23-25(33)31(26(34)39-23)13-18-19(27)4-3-5-21(18)29/h3-12H,13H2,1-2H3,(H,30,32)/b23-12-. The lowest BCUT2D eigenvalue weighted by Gasteiger charge is -2.14. The zero-order valence-electron chi connectivity index (χ0n) is 20.7. The number of rotatable bonds is 8. The molecule has 9 nitrogen and oxygen atoms in total. The number of nitrogens with zero attached hydrogens (tertiary/aromatic N) is 1. The summed E-state index contributed by atoms with van der Waals surface area (Å²) in [6.07, 6.45) is 1.36. The summed E-state index contributed by atoms with van der Waals surface area (Å²) in [6.45, 7) is 0.965. The predicted molar refractivity (Wildman–Crippen MR) is 149 cm³/mol. The van der Waals surface area contributed by atoms with Gasteiger partial charge < -0.3 is 14.2 Å². The van der Waals surface area contributed by atoms with Crippen LogP contribution in [-0.2, 0) is 26.3 Å². The first-order valence-corrected chi connectivity index (χ1v) is 14.3. The second-order valence-corrected chi connectivity index (χ2v) is 11.6. The number of ether oxygens (including phenoxy) is 1. The number of nitrogens with one attached hydrogen (secondary N) is 1. The smallest absolute Gasteiger partial charge is 0.339 e. The van der Waals surface area contributed by atoms with Crippen molar-refractivity contribution in [1.29, 1.82) is 0 Å². The quantitative estimate of drug-likeness (QED) is 0.236. The highest BCUT2D eigenvalue weighted by Crippen LogP contribution is 2.40. The van der Waals surface area contributed by atoms with Crippen LogP contribution in [0.5, 0.6) is 11.5 Å². The monoisotopic (exact) mass is 624 g/mol. The maximum atomic E-state index is 14.2. The average Bonchev–Trinajstić information content (AvgIpc) is 3.14. The largest absolute Gasteiger partial charge is 0.493 e. The summed E-state index contributed by atoms with van der Waals surface area (Å²) in [4.78, 5) is 37.3. The van der Waals surface area contributed by atoms with Crippen LogP contribution in [0, 0.1) is 5.82 Å². The molecule has 1 aliphatic heterocycles. The molecule has 3 aromatic rings. The minimum absolute atomic E-state index is 0.00453. The van der Waals surface area contributed by atoms with Crippen LogP contribution in [-0.4, -0.2) is 37.5 Å². The van der Waals surface area contributed by atoms with Crippen molar-refractivity contribution in [2.24, 2.45) is 0 Å². The number of imide groups is 1. The number of carbonyl (C=O) groups is 3. The van der Waals surface area contributed by atoms with Gasteiger partial charge in [-0.1, -0.05) is 29.3 Å². The van der Waals surface area contributed by atoms with Crippen LogP contribution in [0.15, 0.2) is 64.4 Å². The Morgan fingerprint density at radius 2 is 1.80 bits per heavy atom. The van der Waals surface area contributed by atoms with Gasteiger partial charge in [-0.3, -0.25) is 19.3 Å². The number of carbonyl (C=O) groups excluding carboxylic acids is 3. The average molecular weight is 625 g/mol. The van der Waals surface area contributed by atoms with E-state index in [-0.39, 0.29) is 49.4 Å². The Bertz CT molecular complexity index is 1640. The third-order valence-corrected chi connectivity index (χ3v) is 8.24. The lowest BCUT2D eigenvalue weighted by molar-refractivity contribution is -0.123. The number of amides is 3. The Morgan fingerprint density at radius 3 is 2.42 bits per heavy atom. The fraction of sp³-hybridized carbons (Fsp3) is 0.115. The van der Waals surface area contributed by atoms with Gasteiger partial charge in [0.1, 0.15) is 10.7 Å². The van der Waals surface area contributed by atoms with Crippen molar-refractivity contribution in [2.75, 3.05) is 12.4 Å². The van der Waals surface area contributed by atoms with Gasteiger partial charge in [-0.2, -0.15) is 8.42 Å². The fourth-order valence-electron chi connectivity index (χ4n) is 3.60. The normalized spacial score (nSPS) is 14.5. The van der Waals surface area contributed by atoms with Crippen molar-refractivity contribution in [3.05, 3.63) is 86.5 Å². The van der Waals surface area contributed by atoms with Gasteiger partial charge in [0.05, 0.1) is 23.6 Å². The molecule has 208 valence electrons. The third kappa shape index (κ3) is 6.41. The topological polar surface area (TPSA) is 119 Å². The molecule has 1 aliphatic rings. The Kier molecular flexibility index (Phi) is 8.74. The van der Waals surface area contributed by atoms with E-state index >= 15 is 0 Å². The molecule has 14 heteroatoms. The number of thioether (sulfide) groups is 1. The second-order valence-electron chi connectivity index (χ2n) is 8.25. The van der Waals surface area contributed by atoms with Gasteiger partial charge >= 0.3 is 10.1 Å². The van der Waals surface area contributed by atoms with Gasteiger partial charge in [0.15, 0.2) is 5.75 Å². The van der Waals surface area contributed by atoms with Crippen molar-refractivity contribution in [3.63, 3.8) is 0 Å². The first-order chi connectivity index (χ1) is 18.9. The summed E-state index contributed by atoms with van der Waals surface area (Å²) in [6, 6.07) is 12.0. The molecule has 0 aliphatic carbocycles. The van der Waals surface area contributed by atoms with E-state index in [9.17, 15) is 27.2 Å². The van der Waals surface area contributed by atoms with E-state index in [0.29, 0.717) is 23.0 Å². The van der Waals surface area contributed by atoms with Crippen LogP contribution in [0.4, 0.5) is 14.9 Å². The molecule has 1 heterocycles. The van der Waals surface area contributed by atoms with E-state index in [1.54, 1.807) is 0 Å². The number of halogens is 3. The molecule has 0 atom stereocenters. The zero-order chi connectivity index (χ0) is 29.2. The Morgan fingerprint density at radius 1 is 1.10 bits per heavy atom. The van der Waals surface area contributed by atoms with Gasteiger partial charge in [0.25, 0.3) is 11.1 Å². The van der Waals surface area contributed by atoms with Crippen LogP contribution in [0.2, 0.25) is 10.0 Å². The lowest BCUT2D eigenvalue weighted by atomic mass is 10.1. The van der Waals surface area contributed by atoms with E-state index < -0.39 is 27.1 Å². The summed E-state index contributed by atoms with van der Waals surface area (Å²) < 4.78 is 50.5. The van der Waals surface area contributed by atoms with Crippen LogP contribution in [0.1, 0.15) is 18.1 Å². The highest BCUT2D eigenvalue weighted by atomic mass is 35.5. The molecule has 3 aromatic carbocycles. The third-order valence-electron chi connectivity index (χ3n) is 5.46. The van der Waals surface area contributed by atoms with Crippen LogP contribution in [0.3, 0.4) is 0 Å². The molecule has 0 radical (unpaired) electrons. The summed E-state index contributed by atoms with van der Waals surface area (Å²) in [7, 11) is -3.09. The summed E-state index contributed by atoms with van der Waals surface area (Å²) in [5.74, 6) is -2.00. The van der Waals surface area contributed by atoms with Crippen molar-refractivity contribution in [3.8, 4) is 11.5 Å². The lowest BCUT2D eigenvalue weighted by Crippen LogP contribution is -2.28. The number of methoxy groups -OCH3 is 1. The fourth-order valence-corrected chi connectivity index (χ4v) is 5.92. The minimum atomic E-state index is -4.35. The molecule has 40 heavy (non-hydrogen) atoms. The molecule has 1 saturated heterocycles. The van der Waals surface area contributed by atoms with E-state index in [4.69, 9.17) is 32.1 Å². The second kappa shape index (κ2) is 11.9. The first kappa shape index (κ1) is 29.4. The van der Waals surface area contributed by atoms with Gasteiger partial charge in [-0.15, -0.1) is 0 Å². The van der Waals surface area contributed by atoms with Crippen LogP contribution < -0.4 is 14.2 Å². The van der Waals surface area contributed by atoms with E-state index in [0.717, 1.165) is 4.90 Å². The molecule has 0 bridgehead atoms. The molecular formula is C26H19Cl2FN2O7S2. The summed E-state index contributed by atoms with van der Waals surface area (Å²) >= 11 is 13.0. The highest BCUT2D eigenvalue weighted by molar-refractivity contribution is 8.18. The molecular weight excluding hydrogens is 606 g/mol. The molecule has 4 rings (SSSR count). The number of anilines is 1. The summed E-state index contributed by atoms with van der Waals surface area (Å²) in [5, 5.41) is 1.83. The van der Waals surface area contributed by atoms with Crippen molar-refractivity contribution in [2.45, 2.75) is 18.4 Å². The van der Waals surface area contributed by atoms with E-state index in [2.05, 4.69) is 5.32 Å². The molecule has 3 amide bonds. The number of hydrogen-bond donors (Lipinski definition) is 1. The SMILES string of the molecule is COc1cc(/C=C2\SC(=O)N(Cc3c(F)cccc3Cl)C2=O)cc(Cl)c1OS(=O)(=O)c1ccc(NC(C)=O)cc1. The highest BCUT2D eigenvalue weighted by Gasteiger charge is 2.36. The van der Waals surface area contributed by atoms with Gasteiger partial charge in [0, 0.05) is 23.2 Å². The van der Waals surface area contributed by atoms with Gasteiger partial charge in [0.2, 0.25) is 11.7 Å². The Hall–Kier alpha value is -3.58. The van der Waals surface area contributed by atoms with Crippen molar-refractivity contribution < 1.29 is 36.1 Å². The molecule has 0 spiro atoms. The van der Waals surface area contributed by atoms with Gasteiger partial charge in [-0.25, -0.2) is 4.39 Å². The maximum Gasteiger partial charge on any atom is 0.339 e. The van der Waals surface area contributed by atoms with Crippen LogP contribution in [0.25, 0.3) is 6.08 Å². The van der Waals surface area contributed by atoms with Crippen molar-refractivity contribution >= 4 is 73.9 Å². The molecule has 1 fully saturated rings. The molecule has 0 saturated carbocycles.